The molecule has 4 heteroatoms. The standard InChI is InChI=1S/C12H11BrN2O/c1-9-6-11(13)12(16)15(7-9)8-10-2-4-14-5-3-10/h2-7H,8H2,1H3. The number of halogens is 1. The number of hydrogen-bond donors (Lipinski definition) is 0. The van der Waals surface area contributed by atoms with Crippen molar-refractivity contribution < 1.29 is 0 Å². The maximum absolute atomic E-state index is 11.8. The molecule has 0 bridgehead atoms. The van der Waals surface area contributed by atoms with Crippen molar-refractivity contribution >= 4 is 15.9 Å². The third-order valence-corrected chi connectivity index (χ3v) is 2.85. The maximum atomic E-state index is 11.8. The van der Waals surface area contributed by atoms with Crippen molar-refractivity contribution in [1.82, 2.24) is 9.55 Å². The molecule has 0 aliphatic carbocycles. The summed E-state index contributed by atoms with van der Waals surface area (Å²) in [6, 6.07) is 5.64. The van der Waals surface area contributed by atoms with Crippen LogP contribution in [0.4, 0.5) is 0 Å². The summed E-state index contributed by atoms with van der Waals surface area (Å²) in [5.74, 6) is 0. The van der Waals surface area contributed by atoms with Gasteiger partial charge in [0.15, 0.2) is 0 Å². The van der Waals surface area contributed by atoms with Crippen LogP contribution < -0.4 is 5.56 Å². The van der Waals surface area contributed by atoms with E-state index < -0.39 is 0 Å². The molecule has 0 aromatic carbocycles. The Hall–Kier alpha value is -1.42. The van der Waals surface area contributed by atoms with E-state index in [0.29, 0.717) is 11.0 Å². The van der Waals surface area contributed by atoms with E-state index in [9.17, 15) is 4.79 Å². The molecule has 0 unspecified atom stereocenters. The Balaban J connectivity index is 2.39. The summed E-state index contributed by atoms with van der Waals surface area (Å²) in [5, 5.41) is 0. The van der Waals surface area contributed by atoms with Gasteiger partial charge in [-0.25, -0.2) is 0 Å². The predicted molar refractivity (Wildman–Crippen MR) is 66.5 cm³/mol. The van der Waals surface area contributed by atoms with Gasteiger partial charge in [0, 0.05) is 18.6 Å². The fourth-order valence-electron chi connectivity index (χ4n) is 1.54. The summed E-state index contributed by atoms with van der Waals surface area (Å²) >= 11 is 3.26. The van der Waals surface area contributed by atoms with Crippen molar-refractivity contribution in [2.75, 3.05) is 0 Å². The number of hydrogen-bond acceptors (Lipinski definition) is 2. The molecule has 0 aliphatic rings. The van der Waals surface area contributed by atoms with Gasteiger partial charge in [-0.05, 0) is 52.2 Å². The van der Waals surface area contributed by atoms with Gasteiger partial charge in [-0.3, -0.25) is 9.78 Å². The monoisotopic (exact) mass is 278 g/mol. The lowest BCUT2D eigenvalue weighted by molar-refractivity contribution is 0.749. The van der Waals surface area contributed by atoms with Crippen LogP contribution in [0.5, 0.6) is 0 Å². The first-order valence-electron chi connectivity index (χ1n) is 4.92. The second-order valence-corrected chi connectivity index (χ2v) is 4.51. The molecule has 0 saturated carbocycles. The molecule has 0 atom stereocenters. The Morgan fingerprint density at radius 1 is 1.38 bits per heavy atom. The van der Waals surface area contributed by atoms with E-state index in [1.165, 1.54) is 0 Å². The molecule has 16 heavy (non-hydrogen) atoms. The number of aryl methyl sites for hydroxylation is 1. The van der Waals surface area contributed by atoms with Crippen molar-refractivity contribution in [1.29, 1.82) is 0 Å². The zero-order chi connectivity index (χ0) is 11.5. The molecule has 0 spiro atoms. The molecule has 0 saturated heterocycles. The van der Waals surface area contributed by atoms with E-state index in [1.54, 1.807) is 17.0 Å². The zero-order valence-electron chi connectivity index (χ0n) is 8.85. The Morgan fingerprint density at radius 2 is 2.06 bits per heavy atom. The van der Waals surface area contributed by atoms with E-state index in [0.717, 1.165) is 11.1 Å². The smallest absolute Gasteiger partial charge is 0.265 e. The van der Waals surface area contributed by atoms with E-state index in [4.69, 9.17) is 0 Å². The lowest BCUT2D eigenvalue weighted by atomic mass is 10.2. The molecule has 0 radical (unpaired) electrons. The predicted octanol–water partition coefficient (Wildman–Crippen LogP) is 2.36. The van der Waals surface area contributed by atoms with Crippen LogP contribution >= 0.6 is 15.9 Å². The minimum absolute atomic E-state index is 0.0117. The number of pyridine rings is 2. The summed E-state index contributed by atoms with van der Waals surface area (Å²) in [5.41, 5.74) is 2.11. The van der Waals surface area contributed by atoms with Crippen molar-refractivity contribution in [3.8, 4) is 0 Å². The molecule has 2 aromatic heterocycles. The van der Waals surface area contributed by atoms with Gasteiger partial charge in [-0.2, -0.15) is 0 Å². The van der Waals surface area contributed by atoms with Gasteiger partial charge in [-0.1, -0.05) is 0 Å². The van der Waals surface area contributed by atoms with Gasteiger partial charge in [0.05, 0.1) is 11.0 Å². The van der Waals surface area contributed by atoms with E-state index in [2.05, 4.69) is 20.9 Å². The van der Waals surface area contributed by atoms with E-state index >= 15 is 0 Å². The largest absolute Gasteiger partial charge is 0.310 e. The van der Waals surface area contributed by atoms with Crippen LogP contribution in [0.3, 0.4) is 0 Å². The van der Waals surface area contributed by atoms with Crippen molar-refractivity contribution in [3.63, 3.8) is 0 Å². The summed E-state index contributed by atoms with van der Waals surface area (Å²) in [7, 11) is 0. The first kappa shape index (κ1) is 11.1. The molecule has 2 aromatic rings. The molecule has 0 aliphatic heterocycles. The quantitative estimate of drug-likeness (QED) is 0.845. The summed E-state index contributed by atoms with van der Waals surface area (Å²) in [4.78, 5) is 15.8. The van der Waals surface area contributed by atoms with Crippen LogP contribution in [-0.2, 0) is 6.54 Å². The Bertz CT molecular complexity index is 549. The van der Waals surface area contributed by atoms with Gasteiger partial charge in [0.2, 0.25) is 0 Å². The normalized spacial score (nSPS) is 10.4. The number of rotatable bonds is 2. The summed E-state index contributed by atoms with van der Waals surface area (Å²) < 4.78 is 2.29. The maximum Gasteiger partial charge on any atom is 0.265 e. The van der Waals surface area contributed by atoms with Crippen LogP contribution in [0.15, 0.2) is 46.1 Å². The second kappa shape index (κ2) is 4.61. The molecule has 2 rings (SSSR count). The lowest BCUT2D eigenvalue weighted by Crippen LogP contribution is -2.21. The molecule has 0 amide bonds. The van der Waals surface area contributed by atoms with Gasteiger partial charge in [-0.15, -0.1) is 0 Å². The molecule has 0 fully saturated rings. The minimum Gasteiger partial charge on any atom is -0.310 e. The van der Waals surface area contributed by atoms with Gasteiger partial charge in [0.25, 0.3) is 5.56 Å². The van der Waals surface area contributed by atoms with Crippen LogP contribution in [0.25, 0.3) is 0 Å². The lowest BCUT2D eigenvalue weighted by Gasteiger charge is -2.07. The summed E-state index contributed by atoms with van der Waals surface area (Å²) in [6.45, 7) is 2.54. The van der Waals surface area contributed by atoms with Crippen LogP contribution in [0, 0.1) is 6.92 Å². The number of nitrogens with zero attached hydrogens (tertiary/aromatic N) is 2. The number of aromatic nitrogens is 2. The second-order valence-electron chi connectivity index (χ2n) is 3.65. The molecule has 0 N–H and O–H groups in total. The fourth-order valence-corrected chi connectivity index (χ4v) is 2.13. The van der Waals surface area contributed by atoms with Crippen molar-refractivity contribution in [3.05, 3.63) is 62.7 Å². The zero-order valence-corrected chi connectivity index (χ0v) is 10.4. The van der Waals surface area contributed by atoms with E-state index in [-0.39, 0.29) is 5.56 Å². The van der Waals surface area contributed by atoms with Crippen LogP contribution in [0.1, 0.15) is 11.1 Å². The van der Waals surface area contributed by atoms with Crippen molar-refractivity contribution in [2.24, 2.45) is 0 Å². The highest BCUT2D eigenvalue weighted by molar-refractivity contribution is 9.10. The van der Waals surface area contributed by atoms with Crippen molar-refractivity contribution in [2.45, 2.75) is 13.5 Å². The highest BCUT2D eigenvalue weighted by Crippen LogP contribution is 2.07. The first-order valence-corrected chi connectivity index (χ1v) is 5.71. The molecule has 3 nitrogen and oxygen atoms in total. The molecule has 82 valence electrons. The van der Waals surface area contributed by atoms with Gasteiger partial charge < -0.3 is 4.57 Å². The Kier molecular flexibility index (Phi) is 3.19. The average Bonchev–Trinajstić information content (AvgIpc) is 2.27. The third-order valence-electron chi connectivity index (χ3n) is 2.28. The van der Waals surface area contributed by atoms with E-state index in [1.807, 2.05) is 31.3 Å². The first-order chi connectivity index (χ1) is 7.66. The highest BCUT2D eigenvalue weighted by atomic mass is 79.9. The highest BCUT2D eigenvalue weighted by Gasteiger charge is 2.02. The molecule has 2 heterocycles. The minimum atomic E-state index is -0.0117. The SMILES string of the molecule is Cc1cc(Br)c(=O)n(Cc2ccncc2)c1. The average molecular weight is 279 g/mol. The third kappa shape index (κ3) is 2.39. The topological polar surface area (TPSA) is 34.9 Å². The van der Waals surface area contributed by atoms with Crippen LogP contribution in [-0.4, -0.2) is 9.55 Å². The van der Waals surface area contributed by atoms with Gasteiger partial charge >= 0.3 is 0 Å². The Morgan fingerprint density at radius 3 is 2.75 bits per heavy atom. The summed E-state index contributed by atoms with van der Waals surface area (Å²) in [6.07, 6.45) is 5.31. The fraction of sp³-hybridized carbons (Fsp3) is 0.167. The molecular weight excluding hydrogens is 268 g/mol. The van der Waals surface area contributed by atoms with Crippen LogP contribution in [0.2, 0.25) is 0 Å². The van der Waals surface area contributed by atoms with Gasteiger partial charge in [0.1, 0.15) is 0 Å². The Labute approximate surface area is 102 Å². The molecular formula is C12H11BrN2O.